The molecular weight excluding hydrogens is 276 g/mol. The number of rotatable bonds is 7. The molecule has 1 aromatic carbocycles. The van der Waals surface area contributed by atoms with Crippen LogP contribution in [0.25, 0.3) is 0 Å². The number of nitrogens with zero attached hydrogens (tertiary/aromatic N) is 2. The van der Waals surface area contributed by atoms with Crippen molar-refractivity contribution in [3.63, 3.8) is 0 Å². The van der Waals surface area contributed by atoms with E-state index in [4.69, 9.17) is 9.47 Å². The SMILES string of the molecule is c1ccc(OCCn2cc[n+](COC3CCCCC3)c2)cc1. The normalized spacial score (nSPS) is 15.8. The zero-order chi connectivity index (χ0) is 15.0. The van der Waals surface area contributed by atoms with Crippen LogP contribution in [0.5, 0.6) is 5.75 Å². The molecule has 1 aliphatic carbocycles. The highest BCUT2D eigenvalue weighted by Gasteiger charge is 2.14. The number of aromatic nitrogens is 2. The van der Waals surface area contributed by atoms with Gasteiger partial charge < -0.3 is 9.47 Å². The first-order valence-electron chi connectivity index (χ1n) is 8.24. The number of imidazole rings is 1. The van der Waals surface area contributed by atoms with Crippen LogP contribution in [0.4, 0.5) is 0 Å². The Balaban J connectivity index is 1.39. The molecule has 1 aromatic heterocycles. The third kappa shape index (κ3) is 4.60. The van der Waals surface area contributed by atoms with Gasteiger partial charge in [-0.15, -0.1) is 0 Å². The predicted octanol–water partition coefficient (Wildman–Crippen LogP) is 3.16. The highest BCUT2D eigenvalue weighted by molar-refractivity contribution is 5.20. The van der Waals surface area contributed by atoms with Crippen LogP contribution in [0.15, 0.2) is 49.1 Å². The van der Waals surface area contributed by atoms with Gasteiger partial charge in [-0.05, 0) is 25.0 Å². The summed E-state index contributed by atoms with van der Waals surface area (Å²) in [5.74, 6) is 0.920. The summed E-state index contributed by atoms with van der Waals surface area (Å²) in [5, 5.41) is 0. The van der Waals surface area contributed by atoms with Gasteiger partial charge in [-0.1, -0.05) is 37.5 Å². The molecule has 0 atom stereocenters. The van der Waals surface area contributed by atoms with Crippen molar-refractivity contribution >= 4 is 0 Å². The van der Waals surface area contributed by atoms with Gasteiger partial charge in [0.05, 0.1) is 6.10 Å². The van der Waals surface area contributed by atoms with Crippen LogP contribution in [0.2, 0.25) is 0 Å². The molecular formula is C18H25N2O2+. The Morgan fingerprint density at radius 1 is 1.09 bits per heavy atom. The maximum Gasteiger partial charge on any atom is 0.245 e. The van der Waals surface area contributed by atoms with E-state index >= 15 is 0 Å². The van der Waals surface area contributed by atoms with Gasteiger partial charge in [0.25, 0.3) is 0 Å². The predicted molar refractivity (Wildman–Crippen MR) is 84.5 cm³/mol. The van der Waals surface area contributed by atoms with Crippen molar-refractivity contribution in [1.29, 1.82) is 0 Å². The molecule has 118 valence electrons. The van der Waals surface area contributed by atoms with E-state index in [1.165, 1.54) is 32.1 Å². The smallest absolute Gasteiger partial charge is 0.245 e. The Labute approximate surface area is 132 Å². The summed E-state index contributed by atoms with van der Waals surface area (Å²) in [6.07, 6.45) is 13.1. The van der Waals surface area contributed by atoms with Gasteiger partial charge in [-0.2, -0.15) is 0 Å². The first kappa shape index (κ1) is 15.1. The van der Waals surface area contributed by atoms with E-state index in [-0.39, 0.29) is 0 Å². The molecule has 0 bridgehead atoms. The lowest BCUT2D eigenvalue weighted by Crippen LogP contribution is -2.35. The molecule has 0 saturated heterocycles. The molecule has 1 aliphatic rings. The first-order valence-corrected chi connectivity index (χ1v) is 8.24. The Hall–Kier alpha value is -1.81. The highest BCUT2D eigenvalue weighted by atomic mass is 16.5. The summed E-state index contributed by atoms with van der Waals surface area (Å²) in [4.78, 5) is 0. The van der Waals surface area contributed by atoms with Gasteiger partial charge in [0.15, 0.2) is 6.73 Å². The van der Waals surface area contributed by atoms with Crippen LogP contribution < -0.4 is 9.30 Å². The standard InChI is InChI=1S/C18H25N2O2/c1-3-7-17(8-4-1)21-14-13-19-11-12-20(15-19)16-22-18-9-5-2-6-10-18/h1,3-4,7-8,11-12,15,18H,2,5-6,9-10,13-14,16H2/q+1. The quantitative estimate of drug-likeness (QED) is 0.735. The Morgan fingerprint density at radius 3 is 2.73 bits per heavy atom. The Morgan fingerprint density at radius 2 is 1.91 bits per heavy atom. The van der Waals surface area contributed by atoms with E-state index in [1.54, 1.807) is 0 Å². The summed E-state index contributed by atoms with van der Waals surface area (Å²) in [5.41, 5.74) is 0. The molecule has 1 heterocycles. The van der Waals surface area contributed by atoms with Gasteiger partial charge in [0.2, 0.25) is 6.33 Å². The third-order valence-corrected chi connectivity index (χ3v) is 4.12. The lowest BCUT2D eigenvalue weighted by atomic mass is 9.98. The summed E-state index contributed by atoms with van der Waals surface area (Å²) in [7, 11) is 0. The Kier molecular flexibility index (Phi) is 5.48. The molecule has 0 amide bonds. The van der Waals surface area contributed by atoms with Crippen LogP contribution >= 0.6 is 0 Å². The maximum absolute atomic E-state index is 5.97. The average Bonchev–Trinajstić information content (AvgIpc) is 3.03. The van der Waals surface area contributed by atoms with Crippen LogP contribution in [0.3, 0.4) is 0 Å². The summed E-state index contributed by atoms with van der Waals surface area (Å²) < 4.78 is 15.9. The largest absolute Gasteiger partial charge is 0.489 e. The summed E-state index contributed by atoms with van der Waals surface area (Å²) in [6, 6.07) is 9.93. The minimum atomic E-state index is 0.450. The molecule has 2 aromatic rings. The number of para-hydroxylation sites is 1. The van der Waals surface area contributed by atoms with Crippen molar-refractivity contribution in [3.05, 3.63) is 49.1 Å². The minimum absolute atomic E-state index is 0.450. The van der Waals surface area contributed by atoms with Crippen LogP contribution in [0, 0.1) is 0 Å². The number of hydrogen-bond donors (Lipinski definition) is 0. The molecule has 0 radical (unpaired) electrons. The zero-order valence-electron chi connectivity index (χ0n) is 13.1. The summed E-state index contributed by atoms with van der Waals surface area (Å²) in [6.45, 7) is 2.16. The minimum Gasteiger partial charge on any atom is -0.489 e. The van der Waals surface area contributed by atoms with E-state index in [2.05, 4.69) is 27.9 Å². The van der Waals surface area contributed by atoms with E-state index in [0.717, 1.165) is 12.3 Å². The molecule has 0 aliphatic heterocycles. The van der Waals surface area contributed by atoms with Crippen LogP contribution in [-0.4, -0.2) is 17.3 Å². The number of benzene rings is 1. The Bertz CT molecular complexity index is 547. The second-order valence-electron chi connectivity index (χ2n) is 5.88. The molecule has 4 heteroatoms. The molecule has 0 spiro atoms. The third-order valence-electron chi connectivity index (χ3n) is 4.12. The second kappa shape index (κ2) is 7.99. The fourth-order valence-electron chi connectivity index (χ4n) is 2.86. The molecule has 1 fully saturated rings. The van der Waals surface area contributed by atoms with Crippen molar-refractivity contribution in [1.82, 2.24) is 4.57 Å². The lowest BCUT2D eigenvalue weighted by Gasteiger charge is -2.20. The van der Waals surface area contributed by atoms with Gasteiger partial charge >= 0.3 is 0 Å². The molecule has 3 rings (SSSR count). The monoisotopic (exact) mass is 301 g/mol. The maximum atomic E-state index is 5.97. The van der Waals surface area contributed by atoms with Crippen molar-refractivity contribution in [3.8, 4) is 5.75 Å². The number of hydrogen-bond acceptors (Lipinski definition) is 2. The summed E-state index contributed by atoms with van der Waals surface area (Å²) >= 11 is 0. The molecule has 4 nitrogen and oxygen atoms in total. The zero-order valence-corrected chi connectivity index (χ0v) is 13.1. The fraction of sp³-hybridized carbons (Fsp3) is 0.500. The highest BCUT2D eigenvalue weighted by Crippen LogP contribution is 2.19. The van der Waals surface area contributed by atoms with Crippen molar-refractivity contribution in [2.45, 2.75) is 51.5 Å². The molecule has 1 saturated carbocycles. The molecule has 0 unspecified atom stereocenters. The van der Waals surface area contributed by atoms with Gasteiger partial charge in [-0.25, -0.2) is 9.13 Å². The van der Waals surface area contributed by atoms with Crippen molar-refractivity contribution in [2.24, 2.45) is 0 Å². The van der Waals surface area contributed by atoms with E-state index in [0.29, 0.717) is 19.4 Å². The van der Waals surface area contributed by atoms with E-state index in [9.17, 15) is 0 Å². The average molecular weight is 301 g/mol. The van der Waals surface area contributed by atoms with Crippen molar-refractivity contribution in [2.75, 3.05) is 6.61 Å². The lowest BCUT2D eigenvalue weighted by molar-refractivity contribution is -0.734. The topological polar surface area (TPSA) is 27.3 Å². The van der Waals surface area contributed by atoms with Crippen LogP contribution in [-0.2, 0) is 18.0 Å². The number of ether oxygens (including phenoxy) is 2. The van der Waals surface area contributed by atoms with Gasteiger partial charge in [0, 0.05) is 0 Å². The molecule has 0 N–H and O–H groups in total. The van der Waals surface area contributed by atoms with E-state index < -0.39 is 0 Å². The second-order valence-corrected chi connectivity index (χ2v) is 5.88. The van der Waals surface area contributed by atoms with Gasteiger partial charge in [0.1, 0.15) is 31.3 Å². The van der Waals surface area contributed by atoms with Crippen LogP contribution in [0.1, 0.15) is 32.1 Å². The van der Waals surface area contributed by atoms with E-state index in [1.807, 2.05) is 30.3 Å². The molecule has 22 heavy (non-hydrogen) atoms. The van der Waals surface area contributed by atoms with Gasteiger partial charge in [-0.3, -0.25) is 0 Å². The first-order chi connectivity index (χ1) is 10.9. The fourth-order valence-corrected chi connectivity index (χ4v) is 2.86. The van der Waals surface area contributed by atoms with Crippen molar-refractivity contribution < 1.29 is 14.0 Å².